The standard InChI is InChI=1S/C19H24N2O2S2/c1-21(2)13-15-25-24-14-12-20-19(22)16-8-10-18(11-9-16)23-17-6-4-3-5-7-17/h3-11H,12-15H2,1-2H3,(H,20,22). The summed E-state index contributed by atoms with van der Waals surface area (Å²) in [6.07, 6.45) is 0. The number of hydrogen-bond donors (Lipinski definition) is 1. The number of benzene rings is 2. The molecule has 0 spiro atoms. The molecule has 0 saturated heterocycles. The van der Waals surface area contributed by atoms with Gasteiger partial charge in [0, 0.05) is 30.2 Å². The molecule has 0 fully saturated rings. The smallest absolute Gasteiger partial charge is 0.251 e. The van der Waals surface area contributed by atoms with Crippen LogP contribution < -0.4 is 10.1 Å². The quantitative estimate of drug-likeness (QED) is 0.498. The summed E-state index contributed by atoms with van der Waals surface area (Å²) in [5, 5.41) is 2.94. The van der Waals surface area contributed by atoms with E-state index in [1.54, 1.807) is 22.9 Å². The molecule has 0 unspecified atom stereocenters. The molecule has 25 heavy (non-hydrogen) atoms. The van der Waals surface area contributed by atoms with Gasteiger partial charge in [-0.05, 0) is 50.5 Å². The second kappa shape index (κ2) is 11.1. The first-order chi connectivity index (χ1) is 12.1. The van der Waals surface area contributed by atoms with Crippen LogP contribution in [0.5, 0.6) is 11.5 Å². The van der Waals surface area contributed by atoms with Crippen molar-refractivity contribution >= 4 is 27.5 Å². The maximum atomic E-state index is 12.1. The van der Waals surface area contributed by atoms with Crippen molar-refractivity contribution in [2.45, 2.75) is 0 Å². The molecule has 134 valence electrons. The lowest BCUT2D eigenvalue weighted by Gasteiger charge is -2.09. The zero-order chi connectivity index (χ0) is 17.9. The molecule has 0 bridgehead atoms. The van der Waals surface area contributed by atoms with Crippen molar-refractivity contribution in [2.24, 2.45) is 0 Å². The van der Waals surface area contributed by atoms with E-state index in [2.05, 4.69) is 24.3 Å². The first-order valence-electron chi connectivity index (χ1n) is 8.15. The molecular formula is C19H24N2O2S2. The molecule has 0 atom stereocenters. The summed E-state index contributed by atoms with van der Waals surface area (Å²) in [7, 11) is 7.77. The van der Waals surface area contributed by atoms with Crippen molar-refractivity contribution in [1.82, 2.24) is 10.2 Å². The van der Waals surface area contributed by atoms with Crippen molar-refractivity contribution < 1.29 is 9.53 Å². The largest absolute Gasteiger partial charge is 0.457 e. The average Bonchev–Trinajstić information content (AvgIpc) is 2.62. The maximum absolute atomic E-state index is 12.1. The third-order valence-electron chi connectivity index (χ3n) is 3.27. The maximum Gasteiger partial charge on any atom is 0.251 e. The van der Waals surface area contributed by atoms with Crippen LogP contribution >= 0.6 is 21.6 Å². The van der Waals surface area contributed by atoms with Crippen LogP contribution in [-0.2, 0) is 0 Å². The van der Waals surface area contributed by atoms with Crippen molar-refractivity contribution in [3.63, 3.8) is 0 Å². The van der Waals surface area contributed by atoms with Crippen LogP contribution in [0.25, 0.3) is 0 Å². The minimum atomic E-state index is -0.0508. The van der Waals surface area contributed by atoms with Gasteiger partial charge in [-0.15, -0.1) is 0 Å². The van der Waals surface area contributed by atoms with E-state index >= 15 is 0 Å². The van der Waals surface area contributed by atoms with Gasteiger partial charge >= 0.3 is 0 Å². The van der Waals surface area contributed by atoms with Gasteiger partial charge in [-0.2, -0.15) is 0 Å². The number of para-hydroxylation sites is 1. The molecule has 0 aliphatic rings. The van der Waals surface area contributed by atoms with E-state index in [0.717, 1.165) is 29.5 Å². The van der Waals surface area contributed by atoms with E-state index in [0.29, 0.717) is 12.1 Å². The molecule has 0 saturated carbocycles. The molecule has 2 aromatic rings. The zero-order valence-electron chi connectivity index (χ0n) is 14.6. The summed E-state index contributed by atoms with van der Waals surface area (Å²) in [5.41, 5.74) is 0.644. The lowest BCUT2D eigenvalue weighted by Crippen LogP contribution is -2.25. The van der Waals surface area contributed by atoms with Gasteiger partial charge in [0.1, 0.15) is 11.5 Å². The third kappa shape index (κ3) is 7.86. The Morgan fingerprint density at radius 2 is 1.60 bits per heavy atom. The fraction of sp³-hybridized carbons (Fsp3) is 0.316. The Morgan fingerprint density at radius 3 is 2.28 bits per heavy atom. The molecule has 2 aromatic carbocycles. The average molecular weight is 377 g/mol. The van der Waals surface area contributed by atoms with Crippen molar-refractivity contribution in [3.8, 4) is 11.5 Å². The Kier molecular flexibility index (Phi) is 8.72. The summed E-state index contributed by atoms with van der Waals surface area (Å²) in [6.45, 7) is 1.74. The SMILES string of the molecule is CN(C)CCSSCCNC(=O)c1ccc(Oc2ccccc2)cc1. The molecule has 1 N–H and O–H groups in total. The Hall–Kier alpha value is -1.63. The van der Waals surface area contributed by atoms with Gasteiger partial charge in [-0.25, -0.2) is 0 Å². The van der Waals surface area contributed by atoms with Gasteiger partial charge in [0.2, 0.25) is 0 Å². The van der Waals surface area contributed by atoms with Crippen molar-refractivity contribution in [1.29, 1.82) is 0 Å². The molecule has 2 rings (SSSR count). The number of carbonyl (C=O) groups excluding carboxylic acids is 1. The lowest BCUT2D eigenvalue weighted by atomic mass is 10.2. The Bertz CT molecular complexity index is 634. The number of nitrogens with one attached hydrogen (secondary N) is 1. The highest BCUT2D eigenvalue weighted by Gasteiger charge is 2.05. The van der Waals surface area contributed by atoms with Gasteiger partial charge in [0.05, 0.1) is 0 Å². The van der Waals surface area contributed by atoms with Crippen LogP contribution in [0.2, 0.25) is 0 Å². The summed E-state index contributed by atoms with van der Waals surface area (Å²) in [6, 6.07) is 16.8. The number of carbonyl (C=O) groups is 1. The predicted molar refractivity (Wildman–Crippen MR) is 109 cm³/mol. The van der Waals surface area contributed by atoms with Crippen molar-refractivity contribution in [2.75, 3.05) is 38.7 Å². The monoisotopic (exact) mass is 376 g/mol. The number of amides is 1. The molecule has 0 aliphatic carbocycles. The summed E-state index contributed by atoms with van der Waals surface area (Å²) < 4.78 is 5.72. The van der Waals surface area contributed by atoms with Gasteiger partial charge in [0.25, 0.3) is 5.91 Å². The molecule has 0 aliphatic heterocycles. The highest BCUT2D eigenvalue weighted by atomic mass is 33.1. The second-order valence-corrected chi connectivity index (χ2v) is 8.34. The fourth-order valence-corrected chi connectivity index (χ4v) is 3.99. The number of rotatable bonds is 10. The second-order valence-electron chi connectivity index (χ2n) is 5.64. The van der Waals surface area contributed by atoms with Gasteiger partial charge < -0.3 is 15.0 Å². The molecule has 6 heteroatoms. The van der Waals surface area contributed by atoms with E-state index < -0.39 is 0 Å². The van der Waals surface area contributed by atoms with Crippen LogP contribution in [0.4, 0.5) is 0 Å². The molecule has 0 heterocycles. The van der Waals surface area contributed by atoms with Crippen LogP contribution in [0, 0.1) is 0 Å². The summed E-state index contributed by atoms with van der Waals surface area (Å²) >= 11 is 0. The zero-order valence-corrected chi connectivity index (χ0v) is 16.2. The molecule has 1 amide bonds. The number of ether oxygens (including phenoxy) is 1. The predicted octanol–water partition coefficient (Wildman–Crippen LogP) is 4.15. The molecule has 0 aromatic heterocycles. The minimum Gasteiger partial charge on any atom is -0.457 e. The molecule has 4 nitrogen and oxygen atoms in total. The Labute approximate surface area is 157 Å². The van der Waals surface area contributed by atoms with E-state index in [9.17, 15) is 4.79 Å². The van der Waals surface area contributed by atoms with Crippen molar-refractivity contribution in [3.05, 3.63) is 60.2 Å². The van der Waals surface area contributed by atoms with Crippen LogP contribution in [0.15, 0.2) is 54.6 Å². The number of nitrogens with zero attached hydrogens (tertiary/aromatic N) is 1. The topological polar surface area (TPSA) is 41.6 Å². The molecular weight excluding hydrogens is 352 g/mol. The fourth-order valence-electron chi connectivity index (χ4n) is 1.94. The normalized spacial score (nSPS) is 10.7. The van der Waals surface area contributed by atoms with E-state index in [-0.39, 0.29) is 5.91 Å². The first kappa shape index (κ1) is 19.7. The highest BCUT2D eigenvalue weighted by Crippen LogP contribution is 2.21. The minimum absolute atomic E-state index is 0.0508. The Morgan fingerprint density at radius 1 is 0.960 bits per heavy atom. The summed E-state index contributed by atoms with van der Waals surface area (Å²) in [4.78, 5) is 14.3. The molecule has 0 radical (unpaired) electrons. The van der Waals surface area contributed by atoms with E-state index in [1.165, 1.54) is 0 Å². The van der Waals surface area contributed by atoms with Gasteiger partial charge in [-0.3, -0.25) is 4.79 Å². The first-order valence-corrected chi connectivity index (χ1v) is 10.6. The highest BCUT2D eigenvalue weighted by molar-refractivity contribution is 8.76. The van der Waals surface area contributed by atoms with Crippen LogP contribution in [0.1, 0.15) is 10.4 Å². The van der Waals surface area contributed by atoms with Gasteiger partial charge in [0.15, 0.2) is 0 Å². The number of hydrogen-bond acceptors (Lipinski definition) is 5. The van der Waals surface area contributed by atoms with E-state index in [4.69, 9.17) is 4.74 Å². The van der Waals surface area contributed by atoms with Gasteiger partial charge in [-0.1, -0.05) is 39.8 Å². The summed E-state index contributed by atoms with van der Waals surface area (Å²) in [5.74, 6) is 3.44. The van der Waals surface area contributed by atoms with E-state index in [1.807, 2.05) is 53.3 Å². The third-order valence-corrected chi connectivity index (χ3v) is 5.66. The van der Waals surface area contributed by atoms with Crippen LogP contribution in [0.3, 0.4) is 0 Å². The lowest BCUT2D eigenvalue weighted by molar-refractivity contribution is 0.0956. The van der Waals surface area contributed by atoms with Crippen LogP contribution in [-0.4, -0.2) is 49.5 Å². The Balaban J connectivity index is 1.68.